The topological polar surface area (TPSA) is 61.8 Å². The minimum absolute atomic E-state index is 0.416. The molecule has 1 saturated heterocycles. The molecule has 0 unspecified atom stereocenters. The lowest BCUT2D eigenvalue weighted by atomic mass is 10.1. The first kappa shape index (κ1) is 13.9. The second-order valence-corrected chi connectivity index (χ2v) is 6.57. The molecule has 0 aromatic heterocycles. The monoisotopic (exact) mass is 280 g/mol. The molecule has 0 saturated carbocycles. The quantitative estimate of drug-likeness (QED) is 0.733. The van der Waals surface area contributed by atoms with E-state index in [-0.39, 0.29) is 0 Å². The summed E-state index contributed by atoms with van der Waals surface area (Å²) in [6.07, 6.45) is -1.24. The molecular formula is C11H17FO5S. The average Bonchev–Trinajstić information content (AvgIpc) is 2.59. The van der Waals surface area contributed by atoms with Crippen LogP contribution >= 0.6 is 0 Å². The van der Waals surface area contributed by atoms with Crippen molar-refractivity contribution in [1.29, 1.82) is 0 Å². The van der Waals surface area contributed by atoms with Crippen LogP contribution in [0, 0.1) is 0 Å². The summed E-state index contributed by atoms with van der Waals surface area (Å²) in [4.78, 5) is 0. The van der Waals surface area contributed by atoms with Gasteiger partial charge in [0.2, 0.25) is 0 Å². The molecule has 2 rings (SSSR count). The van der Waals surface area contributed by atoms with Crippen LogP contribution in [-0.4, -0.2) is 38.8 Å². The van der Waals surface area contributed by atoms with E-state index in [1.165, 1.54) is 0 Å². The Morgan fingerprint density at radius 2 is 2.00 bits per heavy atom. The standard InChI is InChI=1S/C11H17FO5S/c1-5-6-7(12)9(17-18(4,13)14)10-8(6)15-11(2,3)16-10/h8-10H,5H2,1-4H3/t8-,9+,10-/m1/s1. The third kappa shape index (κ3) is 2.45. The summed E-state index contributed by atoms with van der Waals surface area (Å²) in [6, 6.07) is 0. The van der Waals surface area contributed by atoms with Gasteiger partial charge in [0.05, 0.1) is 6.26 Å². The molecule has 1 aliphatic heterocycles. The second-order valence-electron chi connectivity index (χ2n) is 4.97. The maximum absolute atomic E-state index is 14.1. The summed E-state index contributed by atoms with van der Waals surface area (Å²) >= 11 is 0. The molecule has 7 heteroatoms. The smallest absolute Gasteiger partial charge is 0.265 e. The zero-order valence-corrected chi connectivity index (χ0v) is 11.6. The number of hydrogen-bond acceptors (Lipinski definition) is 5. The Hall–Kier alpha value is -0.500. The number of hydrogen-bond donors (Lipinski definition) is 0. The lowest BCUT2D eigenvalue weighted by Gasteiger charge is -2.21. The zero-order valence-electron chi connectivity index (χ0n) is 10.8. The third-order valence-corrected chi connectivity index (χ3v) is 3.54. The van der Waals surface area contributed by atoms with Gasteiger partial charge in [-0.25, -0.2) is 4.39 Å². The van der Waals surface area contributed by atoms with E-state index < -0.39 is 40.0 Å². The Labute approximate surface area is 106 Å². The van der Waals surface area contributed by atoms with Gasteiger partial charge in [0.15, 0.2) is 11.9 Å². The lowest BCUT2D eigenvalue weighted by Crippen LogP contribution is -2.34. The van der Waals surface area contributed by atoms with E-state index in [1.54, 1.807) is 20.8 Å². The number of halogens is 1. The molecule has 1 fully saturated rings. The average molecular weight is 280 g/mol. The number of ether oxygens (including phenoxy) is 2. The molecule has 0 amide bonds. The van der Waals surface area contributed by atoms with Gasteiger partial charge < -0.3 is 9.47 Å². The van der Waals surface area contributed by atoms with Crippen LogP contribution in [0.4, 0.5) is 4.39 Å². The molecule has 0 spiro atoms. The highest BCUT2D eigenvalue weighted by molar-refractivity contribution is 7.86. The Bertz CT molecular complexity index is 482. The van der Waals surface area contributed by atoms with Crippen molar-refractivity contribution in [2.45, 2.75) is 51.3 Å². The molecule has 2 aliphatic rings. The van der Waals surface area contributed by atoms with Crippen LogP contribution in [0.2, 0.25) is 0 Å². The molecule has 18 heavy (non-hydrogen) atoms. The Morgan fingerprint density at radius 1 is 1.39 bits per heavy atom. The third-order valence-electron chi connectivity index (χ3n) is 2.99. The lowest BCUT2D eigenvalue weighted by molar-refractivity contribution is -0.153. The van der Waals surface area contributed by atoms with Crippen LogP contribution in [0.5, 0.6) is 0 Å². The van der Waals surface area contributed by atoms with Gasteiger partial charge in [0.1, 0.15) is 18.0 Å². The van der Waals surface area contributed by atoms with Crippen LogP contribution in [0.25, 0.3) is 0 Å². The van der Waals surface area contributed by atoms with Crippen molar-refractivity contribution in [3.8, 4) is 0 Å². The van der Waals surface area contributed by atoms with Crippen molar-refractivity contribution in [2.75, 3.05) is 6.26 Å². The van der Waals surface area contributed by atoms with Crippen LogP contribution in [-0.2, 0) is 23.8 Å². The van der Waals surface area contributed by atoms with Crippen molar-refractivity contribution in [2.24, 2.45) is 0 Å². The molecule has 0 aromatic carbocycles. The molecule has 0 radical (unpaired) electrons. The molecule has 0 aromatic rings. The predicted molar refractivity (Wildman–Crippen MR) is 62.0 cm³/mol. The normalized spacial score (nSPS) is 35.1. The number of rotatable bonds is 3. The first-order chi connectivity index (χ1) is 8.14. The van der Waals surface area contributed by atoms with Crippen LogP contribution < -0.4 is 0 Å². The Morgan fingerprint density at radius 3 is 2.50 bits per heavy atom. The van der Waals surface area contributed by atoms with Crippen molar-refractivity contribution in [3.05, 3.63) is 11.4 Å². The molecule has 104 valence electrons. The second kappa shape index (κ2) is 4.26. The summed E-state index contributed by atoms with van der Waals surface area (Å²) < 4.78 is 52.3. The molecule has 3 atom stereocenters. The maximum atomic E-state index is 14.1. The van der Waals surface area contributed by atoms with E-state index in [2.05, 4.69) is 0 Å². The van der Waals surface area contributed by atoms with Crippen molar-refractivity contribution in [3.63, 3.8) is 0 Å². The van der Waals surface area contributed by atoms with Crippen molar-refractivity contribution in [1.82, 2.24) is 0 Å². The van der Waals surface area contributed by atoms with Gasteiger partial charge in [-0.3, -0.25) is 4.18 Å². The molecule has 5 nitrogen and oxygen atoms in total. The van der Waals surface area contributed by atoms with Gasteiger partial charge in [-0.05, 0) is 25.8 Å². The molecule has 0 bridgehead atoms. The van der Waals surface area contributed by atoms with Gasteiger partial charge >= 0.3 is 0 Å². The van der Waals surface area contributed by atoms with Gasteiger partial charge in [-0.2, -0.15) is 8.42 Å². The van der Waals surface area contributed by atoms with E-state index in [9.17, 15) is 12.8 Å². The summed E-state index contributed by atoms with van der Waals surface area (Å²) in [7, 11) is -3.76. The van der Waals surface area contributed by atoms with E-state index in [1.807, 2.05) is 0 Å². The molecule has 1 heterocycles. The first-order valence-corrected chi connectivity index (χ1v) is 7.58. The SMILES string of the molecule is CCC1=C(F)[C@H](OS(C)(=O)=O)[C@@H]2OC(C)(C)O[C@H]12. The minimum Gasteiger partial charge on any atom is -0.341 e. The highest BCUT2D eigenvalue weighted by Gasteiger charge is 2.55. The van der Waals surface area contributed by atoms with Gasteiger partial charge in [-0.1, -0.05) is 6.92 Å². The van der Waals surface area contributed by atoms with Gasteiger partial charge in [0.25, 0.3) is 10.1 Å². The fourth-order valence-corrected chi connectivity index (χ4v) is 2.97. The molecule has 0 N–H and O–H groups in total. The van der Waals surface area contributed by atoms with Crippen LogP contribution in [0.1, 0.15) is 27.2 Å². The Kier molecular flexibility index (Phi) is 3.30. The van der Waals surface area contributed by atoms with E-state index in [4.69, 9.17) is 13.7 Å². The van der Waals surface area contributed by atoms with E-state index in [0.29, 0.717) is 12.0 Å². The summed E-state index contributed by atoms with van der Waals surface area (Å²) in [5.74, 6) is -1.45. The summed E-state index contributed by atoms with van der Waals surface area (Å²) in [5.41, 5.74) is 0.416. The van der Waals surface area contributed by atoms with Crippen molar-refractivity contribution < 1.29 is 26.5 Å². The highest BCUT2D eigenvalue weighted by Crippen LogP contribution is 2.44. The minimum atomic E-state index is -3.76. The fourth-order valence-electron chi connectivity index (χ4n) is 2.40. The van der Waals surface area contributed by atoms with Crippen LogP contribution in [0.3, 0.4) is 0 Å². The highest BCUT2D eigenvalue weighted by atomic mass is 32.2. The fraction of sp³-hybridized carbons (Fsp3) is 0.818. The summed E-state index contributed by atoms with van der Waals surface area (Å²) in [5, 5.41) is 0. The van der Waals surface area contributed by atoms with E-state index >= 15 is 0 Å². The number of fused-ring (bicyclic) bond motifs is 1. The molecule has 1 aliphatic carbocycles. The van der Waals surface area contributed by atoms with Crippen LogP contribution in [0.15, 0.2) is 11.4 Å². The predicted octanol–water partition coefficient (Wildman–Crippen LogP) is 1.50. The Balaban J connectivity index is 2.33. The summed E-state index contributed by atoms with van der Waals surface area (Å²) in [6.45, 7) is 5.19. The first-order valence-electron chi connectivity index (χ1n) is 5.77. The zero-order chi connectivity index (χ0) is 13.7. The van der Waals surface area contributed by atoms with Crippen molar-refractivity contribution >= 4 is 10.1 Å². The maximum Gasteiger partial charge on any atom is 0.265 e. The largest absolute Gasteiger partial charge is 0.341 e. The van der Waals surface area contributed by atoms with Gasteiger partial charge in [0, 0.05) is 0 Å². The van der Waals surface area contributed by atoms with Gasteiger partial charge in [-0.15, -0.1) is 0 Å². The molecular weight excluding hydrogens is 263 g/mol. The van der Waals surface area contributed by atoms with E-state index in [0.717, 1.165) is 6.26 Å².